The number of hydrogen-bond acceptors (Lipinski definition) is 4. The molecular formula is C15H29N3O2. The van der Waals surface area contributed by atoms with E-state index in [1.54, 1.807) is 0 Å². The first-order valence-electron chi connectivity index (χ1n) is 7.80. The molecule has 2 fully saturated rings. The Kier molecular flexibility index (Phi) is 5.04. The second-order valence-electron chi connectivity index (χ2n) is 6.91. The number of nitrogens with one attached hydrogen (secondary N) is 2. The molecule has 2 heterocycles. The first kappa shape index (κ1) is 15.7. The van der Waals surface area contributed by atoms with E-state index in [2.05, 4.69) is 24.5 Å². The number of rotatable bonds is 4. The Bertz CT molecular complexity index is 338. The molecule has 0 aromatic carbocycles. The molecule has 0 spiro atoms. The highest BCUT2D eigenvalue weighted by Crippen LogP contribution is 2.31. The fraction of sp³-hybridized carbons (Fsp3) is 0.933. The third kappa shape index (κ3) is 3.32. The molecule has 1 amide bonds. The van der Waals surface area contributed by atoms with E-state index in [0.29, 0.717) is 32.3 Å². The van der Waals surface area contributed by atoms with Crippen LogP contribution >= 0.6 is 0 Å². The van der Waals surface area contributed by atoms with E-state index in [0.717, 1.165) is 19.4 Å². The van der Waals surface area contributed by atoms with Gasteiger partial charge in [-0.25, -0.2) is 0 Å². The van der Waals surface area contributed by atoms with E-state index in [-0.39, 0.29) is 11.3 Å². The molecule has 0 bridgehead atoms. The van der Waals surface area contributed by atoms with Crippen LogP contribution in [0.1, 0.15) is 39.5 Å². The fourth-order valence-electron chi connectivity index (χ4n) is 3.29. The van der Waals surface area contributed by atoms with Gasteiger partial charge in [-0.2, -0.15) is 0 Å². The Morgan fingerprint density at radius 1 is 1.35 bits per heavy atom. The summed E-state index contributed by atoms with van der Waals surface area (Å²) in [6.07, 6.45) is 3.88. The van der Waals surface area contributed by atoms with E-state index in [1.807, 2.05) is 0 Å². The van der Waals surface area contributed by atoms with Gasteiger partial charge in [0.1, 0.15) is 0 Å². The van der Waals surface area contributed by atoms with Crippen LogP contribution in [-0.2, 0) is 9.53 Å². The number of carbonyl (C=O) groups excluding carboxylic acids is 1. The van der Waals surface area contributed by atoms with Crippen LogP contribution in [0.25, 0.3) is 0 Å². The van der Waals surface area contributed by atoms with Crippen molar-refractivity contribution in [2.24, 2.45) is 16.6 Å². The Morgan fingerprint density at radius 2 is 2.05 bits per heavy atom. The lowest BCUT2D eigenvalue weighted by atomic mass is 9.76. The van der Waals surface area contributed by atoms with Crippen LogP contribution in [0.5, 0.6) is 0 Å². The van der Waals surface area contributed by atoms with Gasteiger partial charge in [0.15, 0.2) is 0 Å². The number of amides is 1. The van der Waals surface area contributed by atoms with Gasteiger partial charge in [-0.1, -0.05) is 13.8 Å². The summed E-state index contributed by atoms with van der Waals surface area (Å²) in [5.41, 5.74) is 5.68. The summed E-state index contributed by atoms with van der Waals surface area (Å²) in [6.45, 7) is 7.94. The van der Waals surface area contributed by atoms with E-state index in [1.165, 1.54) is 12.8 Å². The normalized spacial score (nSPS) is 28.9. The van der Waals surface area contributed by atoms with Crippen molar-refractivity contribution in [1.29, 1.82) is 0 Å². The van der Waals surface area contributed by atoms with Gasteiger partial charge < -0.3 is 21.1 Å². The molecule has 0 saturated carbocycles. The molecule has 20 heavy (non-hydrogen) atoms. The van der Waals surface area contributed by atoms with Gasteiger partial charge in [-0.15, -0.1) is 0 Å². The van der Waals surface area contributed by atoms with Gasteiger partial charge in [0, 0.05) is 32.3 Å². The largest absolute Gasteiger partial charge is 0.381 e. The second-order valence-corrected chi connectivity index (χ2v) is 6.91. The second kappa shape index (κ2) is 6.41. The van der Waals surface area contributed by atoms with Crippen LogP contribution in [-0.4, -0.2) is 44.8 Å². The molecule has 2 rings (SSSR count). The minimum absolute atomic E-state index is 0.103. The zero-order chi connectivity index (χ0) is 14.6. The molecule has 4 N–H and O–H groups in total. The maximum absolute atomic E-state index is 12.5. The van der Waals surface area contributed by atoms with Crippen LogP contribution in [0.3, 0.4) is 0 Å². The number of hydrogen-bond donors (Lipinski definition) is 3. The lowest BCUT2D eigenvalue weighted by Gasteiger charge is -2.41. The van der Waals surface area contributed by atoms with E-state index in [4.69, 9.17) is 10.5 Å². The summed E-state index contributed by atoms with van der Waals surface area (Å²) >= 11 is 0. The highest BCUT2D eigenvalue weighted by molar-refractivity contribution is 5.83. The zero-order valence-corrected chi connectivity index (χ0v) is 12.8. The Morgan fingerprint density at radius 3 is 2.65 bits per heavy atom. The number of piperidine rings is 1. The molecule has 5 heteroatoms. The summed E-state index contributed by atoms with van der Waals surface area (Å²) in [7, 11) is 0. The summed E-state index contributed by atoms with van der Waals surface area (Å²) in [4.78, 5) is 12.5. The Labute approximate surface area is 122 Å². The predicted molar refractivity (Wildman–Crippen MR) is 79.4 cm³/mol. The first-order chi connectivity index (χ1) is 9.50. The molecule has 116 valence electrons. The standard InChI is InChI=1S/C15H29N3O2/c1-14(2)4-3-7-17-12(14)10-18-13(19)15(11-16)5-8-20-9-6-15/h12,17H,3-11,16H2,1-2H3,(H,18,19). The molecule has 0 aromatic heterocycles. The van der Waals surface area contributed by atoms with Gasteiger partial charge in [0.05, 0.1) is 5.41 Å². The van der Waals surface area contributed by atoms with Crippen molar-refractivity contribution in [2.45, 2.75) is 45.6 Å². The van der Waals surface area contributed by atoms with Gasteiger partial charge in [-0.05, 0) is 37.6 Å². The van der Waals surface area contributed by atoms with Gasteiger partial charge in [0.25, 0.3) is 0 Å². The summed E-state index contributed by atoms with van der Waals surface area (Å²) in [5.74, 6) is 0.103. The third-order valence-corrected chi connectivity index (χ3v) is 5.12. The predicted octanol–water partition coefficient (Wildman–Crippen LogP) is 0.636. The molecule has 2 aliphatic heterocycles. The van der Waals surface area contributed by atoms with Crippen molar-refractivity contribution >= 4 is 5.91 Å². The number of ether oxygens (including phenoxy) is 1. The van der Waals surface area contributed by atoms with Crippen LogP contribution in [0.15, 0.2) is 0 Å². The van der Waals surface area contributed by atoms with Crippen LogP contribution in [0.4, 0.5) is 0 Å². The highest BCUT2D eigenvalue weighted by Gasteiger charge is 2.40. The maximum Gasteiger partial charge on any atom is 0.227 e. The quantitative estimate of drug-likeness (QED) is 0.707. The van der Waals surface area contributed by atoms with Crippen LogP contribution in [0.2, 0.25) is 0 Å². The molecule has 2 aliphatic rings. The maximum atomic E-state index is 12.5. The van der Waals surface area contributed by atoms with Crippen molar-refractivity contribution in [3.05, 3.63) is 0 Å². The minimum atomic E-state index is -0.420. The number of nitrogens with two attached hydrogens (primary N) is 1. The topological polar surface area (TPSA) is 76.4 Å². The number of carbonyl (C=O) groups is 1. The van der Waals surface area contributed by atoms with Gasteiger partial charge in [0.2, 0.25) is 5.91 Å². The highest BCUT2D eigenvalue weighted by atomic mass is 16.5. The molecule has 1 atom stereocenters. The molecule has 2 saturated heterocycles. The summed E-state index contributed by atoms with van der Waals surface area (Å²) in [6, 6.07) is 0.342. The molecular weight excluding hydrogens is 254 g/mol. The monoisotopic (exact) mass is 283 g/mol. The SMILES string of the molecule is CC1(C)CCCNC1CNC(=O)C1(CN)CCOCC1. The lowest BCUT2D eigenvalue weighted by molar-refractivity contribution is -0.136. The van der Waals surface area contributed by atoms with Crippen LogP contribution in [0, 0.1) is 10.8 Å². The minimum Gasteiger partial charge on any atom is -0.381 e. The molecule has 0 radical (unpaired) electrons. The third-order valence-electron chi connectivity index (χ3n) is 5.12. The first-order valence-corrected chi connectivity index (χ1v) is 7.80. The Hall–Kier alpha value is -0.650. The van der Waals surface area contributed by atoms with Crippen molar-refractivity contribution in [3.8, 4) is 0 Å². The Balaban J connectivity index is 1.90. The van der Waals surface area contributed by atoms with E-state index in [9.17, 15) is 4.79 Å². The average Bonchev–Trinajstić information content (AvgIpc) is 2.46. The van der Waals surface area contributed by atoms with Gasteiger partial charge >= 0.3 is 0 Å². The van der Waals surface area contributed by atoms with Crippen molar-refractivity contribution in [3.63, 3.8) is 0 Å². The average molecular weight is 283 g/mol. The van der Waals surface area contributed by atoms with Crippen LogP contribution < -0.4 is 16.4 Å². The summed E-state index contributed by atoms with van der Waals surface area (Å²) in [5, 5.41) is 6.66. The zero-order valence-electron chi connectivity index (χ0n) is 12.8. The van der Waals surface area contributed by atoms with E-state index < -0.39 is 5.41 Å². The lowest BCUT2D eigenvalue weighted by Crippen LogP contribution is -2.56. The van der Waals surface area contributed by atoms with E-state index >= 15 is 0 Å². The smallest absolute Gasteiger partial charge is 0.227 e. The molecule has 5 nitrogen and oxygen atoms in total. The summed E-state index contributed by atoms with van der Waals surface area (Å²) < 4.78 is 5.36. The molecule has 0 aromatic rings. The van der Waals surface area contributed by atoms with Crippen molar-refractivity contribution in [2.75, 3.05) is 32.8 Å². The fourth-order valence-corrected chi connectivity index (χ4v) is 3.29. The molecule has 1 unspecified atom stereocenters. The van der Waals surface area contributed by atoms with Gasteiger partial charge in [-0.3, -0.25) is 4.79 Å². The van der Waals surface area contributed by atoms with Crippen molar-refractivity contribution in [1.82, 2.24) is 10.6 Å². The van der Waals surface area contributed by atoms with Crippen molar-refractivity contribution < 1.29 is 9.53 Å². The molecule has 0 aliphatic carbocycles.